The zero-order chi connectivity index (χ0) is 26.7. The molecule has 0 aliphatic carbocycles. The molecule has 1 aliphatic heterocycles. The average molecular weight is 513 g/mol. The number of nitrogens with zero attached hydrogens (tertiary/aromatic N) is 3. The van der Waals surface area contributed by atoms with E-state index in [1.165, 1.54) is 11.0 Å². The molecule has 37 heavy (non-hydrogen) atoms. The number of carbonyl (C=O) groups is 3. The number of amides is 3. The number of imide groups is 1. The molecule has 0 saturated carbocycles. The molecule has 0 radical (unpaired) electrons. The third-order valence-electron chi connectivity index (χ3n) is 6.40. The van der Waals surface area contributed by atoms with Gasteiger partial charge in [-0.25, -0.2) is 0 Å². The van der Waals surface area contributed by atoms with Gasteiger partial charge in [-0.05, 0) is 56.5 Å². The fraction of sp³-hybridized carbons (Fsp3) is 0.333. The summed E-state index contributed by atoms with van der Waals surface area (Å²) < 4.78 is 40.6. The lowest BCUT2D eigenvalue weighted by Crippen LogP contribution is -2.30. The summed E-state index contributed by atoms with van der Waals surface area (Å²) in [5.41, 5.74) is 2.34. The largest absolute Gasteiger partial charge is 0.416 e. The van der Waals surface area contributed by atoms with E-state index < -0.39 is 11.7 Å². The maximum absolute atomic E-state index is 13.0. The Kier molecular flexibility index (Phi) is 7.47. The van der Waals surface area contributed by atoms with Crippen LogP contribution in [0.5, 0.6) is 0 Å². The van der Waals surface area contributed by atoms with Gasteiger partial charge in [0, 0.05) is 13.0 Å². The SMILES string of the molecule is Cc1nn(Cc2cccc(C(F)(F)F)c2)c(C)c1NC(=O)CCCCCN1C(=O)c2ccccc2C1=O. The lowest BCUT2D eigenvalue weighted by Gasteiger charge is -2.13. The first-order valence-electron chi connectivity index (χ1n) is 12.0. The van der Waals surface area contributed by atoms with Crippen LogP contribution in [0.3, 0.4) is 0 Å². The molecule has 0 unspecified atom stereocenters. The van der Waals surface area contributed by atoms with Crippen LogP contribution in [0.15, 0.2) is 48.5 Å². The van der Waals surface area contributed by atoms with Gasteiger partial charge < -0.3 is 5.32 Å². The molecule has 10 heteroatoms. The fourth-order valence-electron chi connectivity index (χ4n) is 4.43. The summed E-state index contributed by atoms with van der Waals surface area (Å²) in [5.74, 6) is -0.775. The topological polar surface area (TPSA) is 84.3 Å². The molecule has 0 fully saturated rings. The van der Waals surface area contributed by atoms with Gasteiger partial charge in [0.05, 0.1) is 40.3 Å². The standard InChI is InChI=1S/C27H27F3N4O3/c1-17-24(18(2)34(32-17)16-19-9-8-10-20(15-19)27(28,29)30)31-23(35)13-4-3-7-14-33-25(36)21-11-5-6-12-22(21)26(33)37/h5-6,8-12,15H,3-4,7,13-14,16H2,1-2H3,(H,31,35). The second kappa shape index (κ2) is 10.6. The molecule has 194 valence electrons. The van der Waals surface area contributed by atoms with Crippen molar-refractivity contribution in [1.29, 1.82) is 0 Å². The number of hydrogen-bond donors (Lipinski definition) is 1. The molecule has 0 atom stereocenters. The first-order valence-corrected chi connectivity index (χ1v) is 12.0. The summed E-state index contributed by atoms with van der Waals surface area (Å²) in [6.07, 6.45) is -2.35. The molecule has 0 spiro atoms. The first-order chi connectivity index (χ1) is 17.6. The van der Waals surface area contributed by atoms with Gasteiger partial charge in [-0.1, -0.05) is 30.7 Å². The minimum Gasteiger partial charge on any atom is -0.323 e. The zero-order valence-corrected chi connectivity index (χ0v) is 20.6. The van der Waals surface area contributed by atoms with Gasteiger partial charge in [0.1, 0.15) is 0 Å². The molecular weight excluding hydrogens is 485 g/mol. The molecular formula is C27H27F3N4O3. The number of rotatable bonds is 9. The van der Waals surface area contributed by atoms with Crippen LogP contribution in [0.25, 0.3) is 0 Å². The van der Waals surface area contributed by atoms with Crippen molar-refractivity contribution < 1.29 is 27.6 Å². The van der Waals surface area contributed by atoms with Crippen LogP contribution in [0.2, 0.25) is 0 Å². The summed E-state index contributed by atoms with van der Waals surface area (Å²) in [6, 6.07) is 11.8. The smallest absolute Gasteiger partial charge is 0.323 e. The fourth-order valence-corrected chi connectivity index (χ4v) is 4.43. The number of aromatic nitrogens is 2. The predicted molar refractivity (Wildman–Crippen MR) is 131 cm³/mol. The molecule has 3 aromatic rings. The van der Waals surface area contributed by atoms with Gasteiger partial charge >= 0.3 is 6.18 Å². The Morgan fingerprint density at radius 1 is 0.946 bits per heavy atom. The second-order valence-corrected chi connectivity index (χ2v) is 9.07. The van der Waals surface area contributed by atoms with Crippen molar-refractivity contribution in [2.24, 2.45) is 0 Å². The van der Waals surface area contributed by atoms with Crippen LogP contribution in [-0.2, 0) is 17.5 Å². The van der Waals surface area contributed by atoms with Gasteiger partial charge in [-0.3, -0.25) is 24.0 Å². The number of unbranched alkanes of at least 4 members (excludes halogenated alkanes) is 2. The van der Waals surface area contributed by atoms with E-state index in [2.05, 4.69) is 10.4 Å². The highest BCUT2D eigenvalue weighted by Gasteiger charge is 2.34. The van der Waals surface area contributed by atoms with Gasteiger partial charge in [0.15, 0.2) is 0 Å². The summed E-state index contributed by atoms with van der Waals surface area (Å²) in [4.78, 5) is 38.6. The molecule has 1 aliphatic rings. The number of hydrogen-bond acceptors (Lipinski definition) is 4. The third kappa shape index (κ3) is 5.73. The second-order valence-electron chi connectivity index (χ2n) is 9.07. The summed E-state index contributed by atoms with van der Waals surface area (Å²) in [6.45, 7) is 3.93. The first kappa shape index (κ1) is 26.1. The highest BCUT2D eigenvalue weighted by Crippen LogP contribution is 2.30. The van der Waals surface area contributed by atoms with Crippen LogP contribution in [-0.4, -0.2) is 38.9 Å². The van der Waals surface area contributed by atoms with Crippen molar-refractivity contribution >= 4 is 23.4 Å². The van der Waals surface area contributed by atoms with E-state index in [0.29, 0.717) is 59.6 Å². The molecule has 0 saturated heterocycles. The van der Waals surface area contributed by atoms with Crippen LogP contribution in [0, 0.1) is 13.8 Å². The van der Waals surface area contributed by atoms with Crippen molar-refractivity contribution in [2.45, 2.75) is 52.3 Å². The Balaban J connectivity index is 1.26. The number of alkyl halides is 3. The van der Waals surface area contributed by atoms with E-state index in [1.54, 1.807) is 48.9 Å². The predicted octanol–water partition coefficient (Wildman–Crippen LogP) is 5.36. The zero-order valence-electron chi connectivity index (χ0n) is 20.6. The van der Waals surface area contributed by atoms with E-state index in [9.17, 15) is 27.6 Å². The Morgan fingerprint density at radius 3 is 2.27 bits per heavy atom. The van der Waals surface area contributed by atoms with Crippen LogP contribution < -0.4 is 5.32 Å². The molecule has 2 aromatic carbocycles. The van der Waals surface area contributed by atoms with Crippen molar-refractivity contribution in [2.75, 3.05) is 11.9 Å². The number of carbonyl (C=O) groups excluding carboxylic acids is 3. The van der Waals surface area contributed by atoms with E-state index in [1.807, 2.05) is 0 Å². The Hall–Kier alpha value is -3.95. The van der Waals surface area contributed by atoms with E-state index >= 15 is 0 Å². The summed E-state index contributed by atoms with van der Waals surface area (Å²) in [5, 5.41) is 7.24. The molecule has 7 nitrogen and oxygen atoms in total. The highest BCUT2D eigenvalue weighted by atomic mass is 19.4. The van der Waals surface area contributed by atoms with Crippen LogP contribution in [0.4, 0.5) is 18.9 Å². The Morgan fingerprint density at radius 2 is 1.62 bits per heavy atom. The van der Waals surface area contributed by atoms with Gasteiger partial charge in [0.25, 0.3) is 11.8 Å². The van der Waals surface area contributed by atoms with Crippen molar-refractivity contribution in [1.82, 2.24) is 14.7 Å². The monoisotopic (exact) mass is 512 g/mol. The maximum Gasteiger partial charge on any atom is 0.416 e. The van der Waals surface area contributed by atoms with Crippen molar-refractivity contribution in [3.63, 3.8) is 0 Å². The minimum atomic E-state index is -4.42. The normalized spacial score (nSPS) is 13.3. The quantitative estimate of drug-likeness (QED) is 0.309. The number of anilines is 1. The molecule has 1 N–H and O–H groups in total. The number of nitrogens with one attached hydrogen (secondary N) is 1. The number of aryl methyl sites for hydroxylation is 1. The van der Waals surface area contributed by atoms with Gasteiger partial charge in [0.2, 0.25) is 5.91 Å². The lowest BCUT2D eigenvalue weighted by molar-refractivity contribution is -0.137. The molecule has 3 amide bonds. The highest BCUT2D eigenvalue weighted by molar-refractivity contribution is 6.21. The number of fused-ring (bicyclic) bond motifs is 1. The minimum absolute atomic E-state index is 0.143. The molecule has 1 aromatic heterocycles. The summed E-state index contributed by atoms with van der Waals surface area (Å²) in [7, 11) is 0. The third-order valence-corrected chi connectivity index (χ3v) is 6.40. The van der Waals surface area contributed by atoms with Gasteiger partial charge in [-0.2, -0.15) is 18.3 Å². The molecule has 4 rings (SSSR count). The summed E-state index contributed by atoms with van der Waals surface area (Å²) >= 11 is 0. The lowest BCUT2D eigenvalue weighted by atomic mass is 10.1. The maximum atomic E-state index is 13.0. The van der Waals surface area contributed by atoms with Crippen LogP contribution >= 0.6 is 0 Å². The van der Waals surface area contributed by atoms with Gasteiger partial charge in [-0.15, -0.1) is 0 Å². The Labute approximate surface area is 212 Å². The van der Waals surface area contributed by atoms with E-state index in [-0.39, 0.29) is 30.7 Å². The number of benzene rings is 2. The Bertz CT molecular complexity index is 1310. The molecule has 2 heterocycles. The van der Waals surface area contributed by atoms with E-state index in [0.717, 1.165) is 12.1 Å². The number of halogens is 3. The van der Waals surface area contributed by atoms with E-state index in [4.69, 9.17) is 0 Å². The van der Waals surface area contributed by atoms with Crippen molar-refractivity contribution in [3.8, 4) is 0 Å². The van der Waals surface area contributed by atoms with Crippen molar-refractivity contribution in [3.05, 3.63) is 82.2 Å². The average Bonchev–Trinajstić information content (AvgIpc) is 3.26. The van der Waals surface area contributed by atoms with Crippen LogP contribution in [0.1, 0.15) is 68.9 Å². The molecule has 0 bridgehead atoms.